The molecule has 0 amide bonds. The summed E-state index contributed by atoms with van der Waals surface area (Å²) in [5.74, 6) is 0. The molecule has 0 saturated carbocycles. The van der Waals surface area contributed by atoms with Crippen molar-refractivity contribution in [2.75, 3.05) is 11.1 Å². The Hall–Kier alpha value is -1.38. The highest BCUT2D eigenvalue weighted by atomic mass is 35.5. The van der Waals surface area contributed by atoms with Crippen LogP contribution in [0.1, 0.15) is 5.56 Å². The number of aryl methyl sites for hydroxylation is 1. The van der Waals surface area contributed by atoms with Crippen LogP contribution in [0.2, 0.25) is 10.0 Å². The predicted octanol–water partition coefficient (Wildman–Crippen LogP) is 4.63. The van der Waals surface area contributed by atoms with Crippen molar-refractivity contribution in [3.8, 4) is 0 Å². The molecule has 0 radical (unpaired) electrons. The number of hydrogen-bond donors (Lipinski definition) is 2. The van der Waals surface area contributed by atoms with Crippen LogP contribution >= 0.6 is 23.2 Å². The maximum absolute atomic E-state index is 6.08. The smallest absolute Gasteiger partial charge is 0.0642 e. The minimum atomic E-state index is 0.607. The van der Waals surface area contributed by atoms with E-state index in [1.54, 1.807) is 18.2 Å². The number of halogens is 2. The van der Waals surface area contributed by atoms with Gasteiger partial charge < -0.3 is 11.1 Å². The molecule has 0 aliphatic rings. The number of nitrogens with two attached hydrogens (primary N) is 1. The van der Waals surface area contributed by atoms with Crippen molar-refractivity contribution in [2.24, 2.45) is 0 Å². The highest BCUT2D eigenvalue weighted by Gasteiger charge is 2.04. The first-order chi connectivity index (χ1) is 8.06. The molecule has 0 heterocycles. The van der Waals surface area contributed by atoms with Crippen LogP contribution in [0.15, 0.2) is 36.4 Å². The van der Waals surface area contributed by atoms with E-state index < -0.39 is 0 Å². The average molecular weight is 267 g/mol. The van der Waals surface area contributed by atoms with Crippen molar-refractivity contribution in [2.45, 2.75) is 6.92 Å². The van der Waals surface area contributed by atoms with E-state index in [-0.39, 0.29) is 0 Å². The largest absolute Gasteiger partial charge is 0.397 e. The first kappa shape index (κ1) is 12.1. The molecule has 0 aliphatic carbocycles. The summed E-state index contributed by atoms with van der Waals surface area (Å²) in [4.78, 5) is 0. The summed E-state index contributed by atoms with van der Waals surface area (Å²) in [5, 5.41) is 4.42. The van der Waals surface area contributed by atoms with Crippen molar-refractivity contribution in [3.05, 3.63) is 52.0 Å². The normalized spacial score (nSPS) is 10.3. The topological polar surface area (TPSA) is 38.0 Å². The van der Waals surface area contributed by atoms with E-state index in [0.29, 0.717) is 15.7 Å². The summed E-state index contributed by atoms with van der Waals surface area (Å²) in [6.07, 6.45) is 0. The van der Waals surface area contributed by atoms with Crippen molar-refractivity contribution < 1.29 is 0 Å². The Labute approximate surface area is 110 Å². The van der Waals surface area contributed by atoms with Crippen molar-refractivity contribution in [3.63, 3.8) is 0 Å². The first-order valence-corrected chi connectivity index (χ1v) is 5.90. The zero-order chi connectivity index (χ0) is 12.4. The number of benzene rings is 2. The van der Waals surface area contributed by atoms with E-state index in [0.717, 1.165) is 16.9 Å². The third-order valence-corrected chi connectivity index (χ3v) is 2.97. The Kier molecular flexibility index (Phi) is 3.46. The van der Waals surface area contributed by atoms with E-state index in [9.17, 15) is 0 Å². The van der Waals surface area contributed by atoms with E-state index >= 15 is 0 Å². The van der Waals surface area contributed by atoms with E-state index in [1.165, 1.54) is 0 Å². The minimum absolute atomic E-state index is 0.607. The van der Waals surface area contributed by atoms with Crippen LogP contribution in [0.3, 0.4) is 0 Å². The van der Waals surface area contributed by atoms with E-state index in [2.05, 4.69) is 5.32 Å². The van der Waals surface area contributed by atoms with Crippen LogP contribution in [-0.4, -0.2) is 0 Å². The minimum Gasteiger partial charge on any atom is -0.397 e. The van der Waals surface area contributed by atoms with Gasteiger partial charge in [0.1, 0.15) is 0 Å². The summed E-state index contributed by atoms with van der Waals surface area (Å²) in [6, 6.07) is 11.0. The molecule has 0 bridgehead atoms. The lowest BCUT2D eigenvalue weighted by Crippen LogP contribution is -1.97. The van der Waals surface area contributed by atoms with Crippen LogP contribution in [0.4, 0.5) is 17.1 Å². The van der Waals surface area contributed by atoms with E-state index in [1.807, 2.05) is 25.1 Å². The standard InChI is InChI=1S/C13H12Cl2N2/c1-8-2-5-11(16)13(6-8)17-12-7-9(14)3-4-10(12)15/h2-7,17H,16H2,1H3. The second-order valence-electron chi connectivity index (χ2n) is 3.84. The molecular weight excluding hydrogens is 255 g/mol. The molecule has 0 fully saturated rings. The Morgan fingerprint density at radius 2 is 1.76 bits per heavy atom. The first-order valence-electron chi connectivity index (χ1n) is 5.14. The molecule has 88 valence electrons. The fourth-order valence-corrected chi connectivity index (χ4v) is 1.85. The Morgan fingerprint density at radius 3 is 2.53 bits per heavy atom. The van der Waals surface area contributed by atoms with Gasteiger partial charge in [-0.25, -0.2) is 0 Å². The molecule has 0 aliphatic heterocycles. The van der Waals surface area contributed by atoms with Gasteiger partial charge in [-0.3, -0.25) is 0 Å². The fourth-order valence-electron chi connectivity index (χ4n) is 1.52. The van der Waals surface area contributed by atoms with Crippen LogP contribution < -0.4 is 11.1 Å². The Morgan fingerprint density at radius 1 is 1.00 bits per heavy atom. The van der Waals surface area contributed by atoms with Gasteiger partial charge >= 0.3 is 0 Å². The summed E-state index contributed by atoms with van der Waals surface area (Å²) < 4.78 is 0. The number of nitrogen functional groups attached to an aromatic ring is 1. The van der Waals surface area contributed by atoms with Gasteiger partial charge in [-0.1, -0.05) is 29.3 Å². The summed E-state index contributed by atoms with van der Waals surface area (Å²) in [7, 11) is 0. The molecule has 2 rings (SSSR count). The lowest BCUT2D eigenvalue weighted by Gasteiger charge is -2.11. The van der Waals surface area contributed by atoms with Crippen LogP contribution in [0.25, 0.3) is 0 Å². The van der Waals surface area contributed by atoms with E-state index in [4.69, 9.17) is 28.9 Å². The molecule has 2 nitrogen and oxygen atoms in total. The van der Waals surface area contributed by atoms with Gasteiger partial charge in [0, 0.05) is 5.02 Å². The molecule has 3 N–H and O–H groups in total. The van der Waals surface area contributed by atoms with Crippen molar-refractivity contribution >= 4 is 40.3 Å². The average Bonchev–Trinajstić information content (AvgIpc) is 2.28. The molecule has 0 saturated heterocycles. The third-order valence-electron chi connectivity index (χ3n) is 2.41. The number of hydrogen-bond acceptors (Lipinski definition) is 2. The second kappa shape index (κ2) is 4.86. The molecule has 17 heavy (non-hydrogen) atoms. The second-order valence-corrected chi connectivity index (χ2v) is 4.68. The zero-order valence-electron chi connectivity index (χ0n) is 9.30. The predicted molar refractivity (Wildman–Crippen MR) is 75.3 cm³/mol. The van der Waals surface area contributed by atoms with Crippen LogP contribution in [0, 0.1) is 6.92 Å². The molecule has 0 atom stereocenters. The fraction of sp³-hybridized carbons (Fsp3) is 0.0769. The SMILES string of the molecule is Cc1ccc(N)c(Nc2cc(Cl)ccc2Cl)c1. The van der Waals surface area contributed by atoms with Crippen molar-refractivity contribution in [1.29, 1.82) is 0 Å². The molecule has 2 aromatic rings. The van der Waals surface area contributed by atoms with Crippen LogP contribution in [-0.2, 0) is 0 Å². The van der Waals surface area contributed by atoms with Crippen LogP contribution in [0.5, 0.6) is 0 Å². The molecule has 0 spiro atoms. The molecule has 0 unspecified atom stereocenters. The molecule has 4 heteroatoms. The van der Waals surface area contributed by atoms with Gasteiger partial charge in [-0.2, -0.15) is 0 Å². The maximum atomic E-state index is 6.08. The number of nitrogens with one attached hydrogen (secondary N) is 1. The summed E-state index contributed by atoms with van der Waals surface area (Å²) in [6.45, 7) is 2.00. The maximum Gasteiger partial charge on any atom is 0.0642 e. The molecular formula is C13H12Cl2N2. The van der Waals surface area contributed by atoms with Gasteiger partial charge in [0.25, 0.3) is 0 Å². The summed E-state index contributed by atoms with van der Waals surface area (Å²) >= 11 is 12.0. The lowest BCUT2D eigenvalue weighted by atomic mass is 10.2. The zero-order valence-corrected chi connectivity index (χ0v) is 10.8. The van der Waals surface area contributed by atoms with Gasteiger partial charge in [0.05, 0.1) is 22.1 Å². The van der Waals surface area contributed by atoms with Gasteiger partial charge in [-0.05, 0) is 42.8 Å². The van der Waals surface area contributed by atoms with Gasteiger partial charge in [0.15, 0.2) is 0 Å². The van der Waals surface area contributed by atoms with Crippen molar-refractivity contribution in [1.82, 2.24) is 0 Å². The van der Waals surface area contributed by atoms with Gasteiger partial charge in [0.2, 0.25) is 0 Å². The highest BCUT2D eigenvalue weighted by Crippen LogP contribution is 2.31. The summed E-state index contributed by atoms with van der Waals surface area (Å²) in [5.41, 5.74) is 9.26. The molecule has 0 aromatic heterocycles. The monoisotopic (exact) mass is 266 g/mol. The molecule has 2 aromatic carbocycles. The quantitative estimate of drug-likeness (QED) is 0.778. The third kappa shape index (κ3) is 2.84. The number of rotatable bonds is 2. The lowest BCUT2D eigenvalue weighted by molar-refractivity contribution is 1.45. The highest BCUT2D eigenvalue weighted by molar-refractivity contribution is 6.35. The number of anilines is 3. The Balaban J connectivity index is 2.37. The van der Waals surface area contributed by atoms with Gasteiger partial charge in [-0.15, -0.1) is 0 Å². The Bertz CT molecular complexity index is 504.